The average molecular weight is 550 g/mol. The molecule has 4 heterocycles. The van der Waals surface area contributed by atoms with Crippen molar-refractivity contribution in [2.75, 3.05) is 11.5 Å². The predicted molar refractivity (Wildman–Crippen MR) is 128 cm³/mol. The van der Waals surface area contributed by atoms with Crippen molar-refractivity contribution in [1.29, 1.82) is 0 Å². The minimum absolute atomic E-state index is 0.108. The largest absolute Gasteiger partial charge is 0.465 e. The second-order valence-corrected chi connectivity index (χ2v) is 10.4. The predicted octanol–water partition coefficient (Wildman–Crippen LogP) is 3.68. The highest BCUT2D eigenvalue weighted by Crippen LogP contribution is 2.54. The van der Waals surface area contributed by atoms with Crippen molar-refractivity contribution in [1.82, 2.24) is 9.55 Å². The molecule has 3 aromatic rings. The van der Waals surface area contributed by atoms with Gasteiger partial charge in [-0.2, -0.15) is 13.2 Å². The summed E-state index contributed by atoms with van der Waals surface area (Å²) < 4.78 is 47.5. The molecule has 0 saturated carbocycles. The Balaban J connectivity index is 1.65. The lowest BCUT2D eigenvalue weighted by molar-refractivity contribution is -0.144. The quantitative estimate of drug-likeness (QED) is 0.354. The van der Waals surface area contributed by atoms with E-state index in [1.54, 1.807) is 19.1 Å². The van der Waals surface area contributed by atoms with E-state index in [9.17, 15) is 32.3 Å². The van der Waals surface area contributed by atoms with Gasteiger partial charge in [-0.05, 0) is 30.7 Å². The fourth-order valence-electron chi connectivity index (χ4n) is 4.66. The number of anilines is 1. The number of pyridine rings is 1. The molecule has 13 heteroatoms. The van der Waals surface area contributed by atoms with Crippen LogP contribution in [0.5, 0.6) is 0 Å². The summed E-state index contributed by atoms with van der Waals surface area (Å²) in [6.45, 7) is 1.33. The third kappa shape index (κ3) is 4.25. The number of hydrogen-bond acceptors (Lipinski definition) is 8. The first-order valence-corrected chi connectivity index (χ1v) is 12.8. The first-order chi connectivity index (χ1) is 17.6. The molecule has 2 aliphatic rings. The number of amides is 2. The van der Waals surface area contributed by atoms with E-state index in [1.165, 1.54) is 29.1 Å². The molecule has 5 rings (SSSR count). The zero-order valence-corrected chi connectivity index (χ0v) is 20.7. The first-order valence-electron chi connectivity index (χ1n) is 11.1. The van der Waals surface area contributed by atoms with Crippen molar-refractivity contribution in [3.63, 3.8) is 0 Å². The molecule has 2 unspecified atom stereocenters. The number of alkyl halides is 3. The van der Waals surface area contributed by atoms with E-state index >= 15 is 0 Å². The van der Waals surface area contributed by atoms with E-state index in [2.05, 4.69) is 4.98 Å². The normalized spacial score (nSPS) is 21.1. The monoisotopic (exact) mass is 549 g/mol. The highest BCUT2D eigenvalue weighted by Gasteiger charge is 2.57. The second-order valence-electron chi connectivity index (χ2n) is 8.28. The van der Waals surface area contributed by atoms with Gasteiger partial charge in [-0.1, -0.05) is 41.3 Å². The van der Waals surface area contributed by atoms with Gasteiger partial charge in [-0.3, -0.25) is 28.7 Å². The fraction of sp³-hybridized carbons (Fsp3) is 0.292. The fourth-order valence-corrected chi connectivity index (χ4v) is 7.43. The summed E-state index contributed by atoms with van der Waals surface area (Å²) in [6, 6.07) is 7.72. The molecular formula is C24H18F3N3O5S2. The smallest absolute Gasteiger partial charge is 0.418 e. The van der Waals surface area contributed by atoms with E-state index in [1.807, 2.05) is 0 Å². The number of para-hydroxylation sites is 1. The number of nitrogens with zero attached hydrogens (tertiary/aromatic N) is 3. The maximum atomic E-state index is 13.8. The van der Waals surface area contributed by atoms with Gasteiger partial charge < -0.3 is 4.74 Å². The molecule has 3 atom stereocenters. The van der Waals surface area contributed by atoms with Gasteiger partial charge in [-0.15, -0.1) is 0 Å². The van der Waals surface area contributed by atoms with Gasteiger partial charge in [0, 0.05) is 23.2 Å². The molecule has 1 aromatic carbocycles. The minimum Gasteiger partial charge on any atom is -0.465 e. The summed E-state index contributed by atoms with van der Waals surface area (Å²) in [6.07, 6.45) is -1.79. The summed E-state index contributed by atoms with van der Waals surface area (Å²) in [4.78, 5) is 57.0. The van der Waals surface area contributed by atoms with Crippen LogP contribution < -0.4 is 9.77 Å². The molecule has 0 spiro atoms. The second kappa shape index (κ2) is 9.45. The van der Waals surface area contributed by atoms with E-state index in [4.69, 9.17) is 4.74 Å². The van der Waals surface area contributed by atoms with E-state index in [0.29, 0.717) is 20.4 Å². The van der Waals surface area contributed by atoms with Gasteiger partial charge in [0.1, 0.15) is 11.8 Å². The average Bonchev–Trinajstić information content (AvgIpc) is 3.30. The Morgan fingerprint density at radius 1 is 1.11 bits per heavy atom. The van der Waals surface area contributed by atoms with Crippen molar-refractivity contribution < 1.29 is 32.3 Å². The Morgan fingerprint density at radius 2 is 1.86 bits per heavy atom. The third-order valence-corrected chi connectivity index (χ3v) is 8.74. The standard InChI is InChI=1S/C24H18F3N3O5S2/c1-2-35-15(31)11-29-22-19(37-23(29)34)16(12-6-5-9-28-10-12)17-18(36-22)21(33)30(20(17)32)14-8-4-3-7-13(14)24(25,26)27/h3-10,16-18H,2,11H2,1H3/t16-,17?,18?/m1/s1. The number of benzene rings is 1. The number of ether oxygens (including phenoxy) is 1. The number of carbonyl (C=O) groups is 3. The third-order valence-electron chi connectivity index (χ3n) is 6.14. The number of thiazole rings is 1. The summed E-state index contributed by atoms with van der Waals surface area (Å²) in [5.41, 5.74) is -1.12. The van der Waals surface area contributed by atoms with E-state index in [0.717, 1.165) is 35.2 Å². The first kappa shape index (κ1) is 25.2. The molecule has 1 fully saturated rings. The van der Waals surface area contributed by atoms with Crippen LogP contribution in [0.15, 0.2) is 58.6 Å². The van der Waals surface area contributed by atoms with Crippen LogP contribution >= 0.6 is 23.1 Å². The van der Waals surface area contributed by atoms with Crippen molar-refractivity contribution in [3.05, 3.63) is 74.5 Å². The number of halogens is 3. The van der Waals surface area contributed by atoms with Crippen LogP contribution in [0.3, 0.4) is 0 Å². The van der Waals surface area contributed by atoms with Crippen LogP contribution in [-0.4, -0.2) is 39.2 Å². The Labute approximate surface area is 216 Å². The molecular weight excluding hydrogens is 531 g/mol. The molecule has 37 heavy (non-hydrogen) atoms. The van der Waals surface area contributed by atoms with Gasteiger partial charge in [0.15, 0.2) is 0 Å². The number of thioether (sulfide) groups is 1. The van der Waals surface area contributed by atoms with Gasteiger partial charge in [0.05, 0.1) is 28.8 Å². The summed E-state index contributed by atoms with van der Waals surface area (Å²) in [7, 11) is 0. The van der Waals surface area contributed by atoms with Crippen LogP contribution in [0.4, 0.5) is 18.9 Å². The summed E-state index contributed by atoms with van der Waals surface area (Å²) >= 11 is 1.73. The van der Waals surface area contributed by atoms with Crippen molar-refractivity contribution in [3.8, 4) is 0 Å². The Hall–Kier alpha value is -3.45. The van der Waals surface area contributed by atoms with Crippen LogP contribution in [0.25, 0.3) is 0 Å². The lowest BCUT2D eigenvalue weighted by atomic mass is 9.84. The topological polar surface area (TPSA) is 98.6 Å². The van der Waals surface area contributed by atoms with Crippen molar-refractivity contribution in [2.45, 2.75) is 35.8 Å². The zero-order valence-electron chi connectivity index (χ0n) is 19.1. The van der Waals surface area contributed by atoms with Crippen molar-refractivity contribution >= 4 is 46.6 Å². The van der Waals surface area contributed by atoms with Crippen LogP contribution in [0, 0.1) is 5.92 Å². The number of aromatic nitrogens is 2. The number of hydrogen-bond donors (Lipinski definition) is 0. The molecule has 2 amide bonds. The Morgan fingerprint density at radius 3 is 2.54 bits per heavy atom. The highest BCUT2D eigenvalue weighted by molar-refractivity contribution is 8.00. The maximum absolute atomic E-state index is 13.8. The number of fused-ring (bicyclic) bond motifs is 2. The molecule has 0 N–H and O–H groups in total. The molecule has 2 aliphatic heterocycles. The van der Waals surface area contributed by atoms with Gasteiger partial charge in [-0.25, -0.2) is 4.90 Å². The molecule has 192 valence electrons. The van der Waals surface area contributed by atoms with Gasteiger partial charge >= 0.3 is 17.0 Å². The number of carbonyl (C=O) groups excluding carboxylic acids is 3. The summed E-state index contributed by atoms with van der Waals surface area (Å²) in [5, 5.41) is -0.806. The van der Waals surface area contributed by atoms with Crippen LogP contribution in [0.1, 0.15) is 28.8 Å². The molecule has 0 bridgehead atoms. The lowest BCUT2D eigenvalue weighted by Crippen LogP contribution is -2.33. The highest BCUT2D eigenvalue weighted by atomic mass is 32.2. The number of rotatable bonds is 5. The lowest BCUT2D eigenvalue weighted by Gasteiger charge is -2.30. The summed E-state index contributed by atoms with van der Waals surface area (Å²) in [5.74, 6) is -4.17. The minimum atomic E-state index is -4.79. The van der Waals surface area contributed by atoms with Crippen LogP contribution in [0.2, 0.25) is 0 Å². The Bertz CT molecular complexity index is 1450. The maximum Gasteiger partial charge on any atom is 0.418 e. The zero-order chi connectivity index (χ0) is 26.5. The Kier molecular flexibility index (Phi) is 6.44. The molecule has 2 aromatic heterocycles. The molecule has 0 aliphatic carbocycles. The van der Waals surface area contributed by atoms with E-state index < -0.39 is 63.7 Å². The van der Waals surface area contributed by atoms with Crippen LogP contribution in [-0.2, 0) is 31.8 Å². The number of esters is 1. The SMILES string of the molecule is CCOC(=O)Cn1c2c(sc1=O)[C@H](c1cccnc1)C1C(=O)N(c3ccccc3C(F)(F)F)C(=O)C1S2. The molecule has 1 saturated heterocycles. The van der Waals surface area contributed by atoms with E-state index in [-0.39, 0.29) is 6.61 Å². The number of imide groups is 1. The molecule has 0 radical (unpaired) electrons. The van der Waals surface area contributed by atoms with Crippen molar-refractivity contribution in [2.24, 2.45) is 5.92 Å². The van der Waals surface area contributed by atoms with Gasteiger partial charge in [0.25, 0.3) is 0 Å². The van der Waals surface area contributed by atoms with Gasteiger partial charge in [0.2, 0.25) is 11.8 Å². The molecule has 8 nitrogen and oxygen atoms in total.